The highest BCUT2D eigenvalue weighted by Gasteiger charge is 2.23. The van der Waals surface area contributed by atoms with E-state index in [1.165, 1.54) is 13.8 Å². The van der Waals surface area contributed by atoms with Crippen LogP contribution in [0.5, 0.6) is 0 Å². The number of hydrogen-bond donors (Lipinski definition) is 1. The second-order valence-corrected chi connectivity index (χ2v) is 3.04. The summed E-state index contributed by atoms with van der Waals surface area (Å²) in [5.74, 6) is -2.22. The van der Waals surface area contributed by atoms with Gasteiger partial charge in [-0.1, -0.05) is 0 Å². The first kappa shape index (κ1) is 13.3. The third-order valence-electron chi connectivity index (χ3n) is 1.33. The topological polar surface area (TPSA) is 89.5 Å². The van der Waals surface area contributed by atoms with Gasteiger partial charge in [-0.2, -0.15) is 0 Å². The molecule has 15 heavy (non-hydrogen) atoms. The molecule has 0 aliphatic rings. The fraction of sp³-hybridized carbons (Fsp3) is 0.556. The van der Waals surface area contributed by atoms with Gasteiger partial charge in [0.25, 0.3) is 0 Å². The maximum atomic E-state index is 11.3. The zero-order chi connectivity index (χ0) is 12.0. The number of rotatable bonds is 5. The minimum absolute atomic E-state index is 0.359. The quantitative estimate of drug-likeness (QED) is 0.381. The Labute approximate surface area is 87.0 Å². The second-order valence-electron chi connectivity index (χ2n) is 3.04. The lowest BCUT2D eigenvalue weighted by Crippen LogP contribution is -2.43. The maximum absolute atomic E-state index is 11.3. The smallest absolute Gasteiger partial charge is 0.304 e. The molecule has 0 radical (unpaired) electrons. The number of nitrogens with one attached hydrogen (secondary N) is 1. The number of carbonyl (C=O) groups is 4. The monoisotopic (exact) mass is 215 g/mol. The van der Waals surface area contributed by atoms with Crippen molar-refractivity contribution in [3.63, 3.8) is 0 Å². The van der Waals surface area contributed by atoms with Crippen LogP contribution in [0.4, 0.5) is 0 Å². The van der Waals surface area contributed by atoms with E-state index in [0.717, 1.165) is 6.92 Å². The molecule has 0 bridgehead atoms. The van der Waals surface area contributed by atoms with Gasteiger partial charge in [0.2, 0.25) is 17.9 Å². The van der Waals surface area contributed by atoms with Crippen molar-refractivity contribution >= 4 is 23.4 Å². The average molecular weight is 215 g/mol. The minimum atomic E-state index is -1.37. The van der Waals surface area contributed by atoms with Gasteiger partial charge in [-0.25, -0.2) is 0 Å². The minimum Gasteiger partial charge on any atom is -0.434 e. The Bertz CT molecular complexity index is 281. The predicted octanol–water partition coefficient (Wildman–Crippen LogP) is -0.440. The Morgan fingerprint density at radius 3 is 2.00 bits per heavy atom. The van der Waals surface area contributed by atoms with Crippen molar-refractivity contribution in [3.8, 4) is 0 Å². The Morgan fingerprint density at radius 1 is 1.13 bits per heavy atom. The van der Waals surface area contributed by atoms with Gasteiger partial charge in [0.1, 0.15) is 5.78 Å². The molecule has 0 aromatic rings. The number of ketones is 2. The van der Waals surface area contributed by atoms with E-state index < -0.39 is 23.9 Å². The van der Waals surface area contributed by atoms with Gasteiger partial charge in [0.15, 0.2) is 0 Å². The van der Waals surface area contributed by atoms with Gasteiger partial charge in [-0.05, 0) is 6.92 Å². The summed E-state index contributed by atoms with van der Waals surface area (Å²) >= 11 is 0. The van der Waals surface area contributed by atoms with E-state index in [0.29, 0.717) is 0 Å². The lowest BCUT2D eigenvalue weighted by molar-refractivity contribution is -0.157. The van der Waals surface area contributed by atoms with Crippen LogP contribution in [-0.2, 0) is 23.9 Å². The molecular formula is C9H13NO5. The zero-order valence-electron chi connectivity index (χ0n) is 8.83. The van der Waals surface area contributed by atoms with Crippen LogP contribution in [0, 0.1) is 0 Å². The van der Waals surface area contributed by atoms with Crippen molar-refractivity contribution in [3.05, 3.63) is 0 Å². The number of Topliss-reactive ketones (excluding diaryl/α,β-unsaturated/α-hetero) is 2. The molecule has 0 aromatic heterocycles. The summed E-state index contributed by atoms with van der Waals surface area (Å²) in [4.78, 5) is 43.3. The molecule has 1 amide bonds. The highest BCUT2D eigenvalue weighted by atomic mass is 16.6. The van der Waals surface area contributed by atoms with Crippen LogP contribution in [0.15, 0.2) is 0 Å². The van der Waals surface area contributed by atoms with Crippen LogP contribution in [0.3, 0.4) is 0 Å². The summed E-state index contributed by atoms with van der Waals surface area (Å²) in [6.07, 6.45) is -1.75. The lowest BCUT2D eigenvalue weighted by atomic mass is 10.2. The first-order chi connectivity index (χ1) is 6.82. The molecule has 1 unspecified atom stereocenters. The molecule has 0 aliphatic heterocycles. The van der Waals surface area contributed by atoms with Gasteiger partial charge < -0.3 is 10.1 Å². The zero-order valence-corrected chi connectivity index (χ0v) is 8.83. The molecule has 6 heteroatoms. The number of hydrogen-bond acceptors (Lipinski definition) is 5. The number of amides is 1. The standard InChI is InChI=1S/C9H13NO5/c1-5(11)4-8(14)9(10-6(2)12)15-7(3)13/h9H,4H2,1-3H3,(H,10,12). The molecule has 1 atom stereocenters. The molecule has 0 saturated carbocycles. The van der Waals surface area contributed by atoms with Gasteiger partial charge >= 0.3 is 5.97 Å². The molecule has 0 aliphatic carbocycles. The van der Waals surface area contributed by atoms with E-state index >= 15 is 0 Å². The molecule has 0 fully saturated rings. The van der Waals surface area contributed by atoms with Crippen molar-refractivity contribution in [2.24, 2.45) is 0 Å². The third-order valence-corrected chi connectivity index (χ3v) is 1.33. The van der Waals surface area contributed by atoms with E-state index in [4.69, 9.17) is 0 Å². The van der Waals surface area contributed by atoms with Crippen LogP contribution in [0.25, 0.3) is 0 Å². The first-order valence-corrected chi connectivity index (χ1v) is 4.29. The SMILES string of the molecule is CC(=O)CC(=O)C(NC(C)=O)OC(C)=O. The van der Waals surface area contributed by atoms with Crippen molar-refractivity contribution in [1.29, 1.82) is 0 Å². The molecule has 0 heterocycles. The molecule has 1 N–H and O–H groups in total. The summed E-state index contributed by atoms with van der Waals surface area (Å²) in [5.41, 5.74) is 0. The Morgan fingerprint density at radius 2 is 1.67 bits per heavy atom. The fourth-order valence-corrected chi connectivity index (χ4v) is 0.864. The molecule has 0 aromatic carbocycles. The van der Waals surface area contributed by atoms with E-state index in [9.17, 15) is 19.2 Å². The molecule has 6 nitrogen and oxygen atoms in total. The van der Waals surface area contributed by atoms with E-state index in [1.807, 2.05) is 0 Å². The van der Waals surface area contributed by atoms with Crippen LogP contribution in [0.1, 0.15) is 27.2 Å². The van der Waals surface area contributed by atoms with Crippen molar-refractivity contribution in [2.75, 3.05) is 0 Å². The largest absolute Gasteiger partial charge is 0.434 e. The molecule has 0 spiro atoms. The fourth-order valence-electron chi connectivity index (χ4n) is 0.864. The van der Waals surface area contributed by atoms with Crippen LogP contribution in [0.2, 0.25) is 0 Å². The van der Waals surface area contributed by atoms with Crippen molar-refractivity contribution in [1.82, 2.24) is 5.32 Å². The van der Waals surface area contributed by atoms with Gasteiger partial charge in [-0.3, -0.25) is 19.2 Å². The predicted molar refractivity (Wildman–Crippen MR) is 49.7 cm³/mol. The number of carbonyl (C=O) groups excluding carboxylic acids is 4. The summed E-state index contributed by atoms with van der Waals surface area (Å²) in [7, 11) is 0. The van der Waals surface area contributed by atoms with Crippen molar-refractivity contribution < 1.29 is 23.9 Å². The summed E-state index contributed by atoms with van der Waals surface area (Å²) < 4.78 is 4.55. The normalized spacial score (nSPS) is 11.4. The van der Waals surface area contributed by atoms with E-state index in [-0.39, 0.29) is 12.2 Å². The van der Waals surface area contributed by atoms with Gasteiger partial charge in [0, 0.05) is 13.8 Å². The molecule has 0 saturated heterocycles. The highest BCUT2D eigenvalue weighted by molar-refractivity contribution is 6.01. The second kappa shape index (κ2) is 5.90. The van der Waals surface area contributed by atoms with E-state index in [2.05, 4.69) is 10.1 Å². The molecule has 84 valence electrons. The summed E-state index contributed by atoms with van der Waals surface area (Å²) in [6.45, 7) is 3.52. The van der Waals surface area contributed by atoms with Crippen LogP contribution in [-0.4, -0.2) is 29.7 Å². The summed E-state index contributed by atoms with van der Waals surface area (Å²) in [5, 5.41) is 2.13. The lowest BCUT2D eigenvalue weighted by Gasteiger charge is -2.15. The van der Waals surface area contributed by atoms with Crippen LogP contribution >= 0.6 is 0 Å². The maximum Gasteiger partial charge on any atom is 0.304 e. The highest BCUT2D eigenvalue weighted by Crippen LogP contribution is 1.96. The summed E-state index contributed by atoms with van der Waals surface area (Å²) in [6, 6.07) is 0. The molecule has 0 rings (SSSR count). The average Bonchev–Trinajstić information content (AvgIpc) is 1.99. The third kappa shape index (κ3) is 6.36. The van der Waals surface area contributed by atoms with Gasteiger partial charge in [-0.15, -0.1) is 0 Å². The molecular weight excluding hydrogens is 202 g/mol. The Balaban J connectivity index is 4.46. The number of esters is 1. The number of ether oxygens (including phenoxy) is 1. The van der Waals surface area contributed by atoms with Gasteiger partial charge in [0.05, 0.1) is 6.42 Å². The van der Waals surface area contributed by atoms with Crippen LogP contribution < -0.4 is 5.32 Å². The van der Waals surface area contributed by atoms with E-state index in [1.54, 1.807) is 0 Å². The Kier molecular flexibility index (Phi) is 5.22. The van der Waals surface area contributed by atoms with Crippen molar-refractivity contribution in [2.45, 2.75) is 33.4 Å². The Hall–Kier alpha value is -1.72. The first-order valence-electron chi connectivity index (χ1n) is 4.29.